The molecule has 0 aliphatic carbocycles. The van der Waals surface area contributed by atoms with Crippen molar-refractivity contribution in [1.82, 2.24) is 4.98 Å². The van der Waals surface area contributed by atoms with E-state index in [1.807, 2.05) is 25.1 Å². The normalized spacial score (nSPS) is 10.4. The molecule has 16 heavy (non-hydrogen) atoms. The molecule has 1 aromatic heterocycles. The number of rotatable bonds is 3. The van der Waals surface area contributed by atoms with Crippen LogP contribution in [0.3, 0.4) is 0 Å². The molecule has 82 valence electrons. The maximum absolute atomic E-state index is 12.8. The fourth-order valence-corrected chi connectivity index (χ4v) is 2.34. The minimum atomic E-state index is -0.415. The Kier molecular flexibility index (Phi) is 3.57. The lowest BCUT2D eigenvalue weighted by Crippen LogP contribution is -1.89. The van der Waals surface area contributed by atoms with Crippen molar-refractivity contribution in [1.29, 1.82) is 0 Å². The molecule has 1 aromatic carbocycles. The molecule has 0 atom stereocenters. The molecule has 0 unspecified atom stereocenters. The summed E-state index contributed by atoms with van der Waals surface area (Å²) in [4.78, 5) is 4.83. The van der Waals surface area contributed by atoms with Gasteiger partial charge in [-0.15, -0.1) is 11.8 Å². The van der Waals surface area contributed by atoms with Crippen molar-refractivity contribution in [3.63, 3.8) is 0 Å². The first-order chi connectivity index (χ1) is 7.75. The van der Waals surface area contributed by atoms with E-state index in [-0.39, 0.29) is 0 Å². The van der Waals surface area contributed by atoms with E-state index in [0.29, 0.717) is 0 Å². The van der Waals surface area contributed by atoms with Crippen molar-refractivity contribution in [2.75, 3.05) is 0 Å². The second kappa shape index (κ2) is 5.12. The maximum Gasteiger partial charge on any atom is 0.213 e. The van der Waals surface area contributed by atoms with Gasteiger partial charge < -0.3 is 0 Å². The Hall–Kier alpha value is -1.35. The van der Waals surface area contributed by atoms with Gasteiger partial charge in [-0.25, -0.2) is 4.98 Å². The van der Waals surface area contributed by atoms with Crippen LogP contribution in [0.2, 0.25) is 0 Å². The van der Waals surface area contributed by atoms with Gasteiger partial charge in [0.25, 0.3) is 0 Å². The molecule has 0 amide bonds. The molecule has 0 saturated carbocycles. The van der Waals surface area contributed by atoms with Crippen LogP contribution in [0.5, 0.6) is 0 Å². The Morgan fingerprint density at radius 1 is 1.12 bits per heavy atom. The number of aryl methyl sites for hydroxylation is 1. The van der Waals surface area contributed by atoms with E-state index < -0.39 is 5.95 Å². The number of nitrogens with zero attached hydrogens (tertiary/aromatic N) is 1. The molecule has 0 aliphatic heterocycles. The molecule has 0 spiro atoms. The Morgan fingerprint density at radius 3 is 2.56 bits per heavy atom. The summed E-state index contributed by atoms with van der Waals surface area (Å²) >= 11 is 1.68. The van der Waals surface area contributed by atoms with Crippen LogP contribution in [0.4, 0.5) is 4.39 Å². The maximum atomic E-state index is 12.8. The van der Waals surface area contributed by atoms with Gasteiger partial charge in [0.15, 0.2) is 0 Å². The number of pyridine rings is 1. The fourth-order valence-electron chi connectivity index (χ4n) is 1.41. The van der Waals surface area contributed by atoms with Crippen molar-refractivity contribution >= 4 is 11.8 Å². The lowest BCUT2D eigenvalue weighted by Gasteiger charge is -2.04. The summed E-state index contributed by atoms with van der Waals surface area (Å²) in [7, 11) is 0. The van der Waals surface area contributed by atoms with Gasteiger partial charge in [0.1, 0.15) is 0 Å². The minimum Gasteiger partial charge on any atom is -0.224 e. The molecular formula is C13H12FNS. The zero-order chi connectivity index (χ0) is 11.4. The quantitative estimate of drug-likeness (QED) is 0.590. The van der Waals surface area contributed by atoms with Crippen LogP contribution in [0.15, 0.2) is 47.4 Å². The summed E-state index contributed by atoms with van der Waals surface area (Å²) in [5.41, 5.74) is 2.01. The summed E-state index contributed by atoms with van der Waals surface area (Å²) in [6.45, 7) is 1.83. The molecular weight excluding hydrogens is 221 g/mol. The fraction of sp³-hybridized carbons (Fsp3) is 0.154. The van der Waals surface area contributed by atoms with E-state index in [1.165, 1.54) is 11.6 Å². The summed E-state index contributed by atoms with van der Waals surface area (Å²) in [5, 5.41) is 0. The summed E-state index contributed by atoms with van der Waals surface area (Å²) in [6.07, 6.45) is 0. The van der Waals surface area contributed by atoms with Crippen LogP contribution >= 0.6 is 11.8 Å². The van der Waals surface area contributed by atoms with Crippen LogP contribution < -0.4 is 0 Å². The van der Waals surface area contributed by atoms with Crippen LogP contribution in [-0.4, -0.2) is 4.98 Å². The molecule has 3 heteroatoms. The van der Waals surface area contributed by atoms with E-state index >= 15 is 0 Å². The summed E-state index contributed by atoms with van der Waals surface area (Å²) < 4.78 is 12.8. The monoisotopic (exact) mass is 233 g/mol. The van der Waals surface area contributed by atoms with E-state index in [1.54, 1.807) is 17.8 Å². The molecule has 1 nitrogen and oxygen atoms in total. The lowest BCUT2D eigenvalue weighted by atomic mass is 10.2. The van der Waals surface area contributed by atoms with E-state index in [4.69, 9.17) is 0 Å². The SMILES string of the molecule is Cc1nc(F)ccc1SCc1ccccc1. The smallest absolute Gasteiger partial charge is 0.213 e. The number of hydrogen-bond donors (Lipinski definition) is 0. The zero-order valence-corrected chi connectivity index (χ0v) is 9.80. The third-order valence-electron chi connectivity index (χ3n) is 2.24. The van der Waals surface area contributed by atoms with Crippen LogP contribution in [0, 0.1) is 12.9 Å². The predicted molar refractivity (Wildman–Crippen MR) is 64.9 cm³/mol. The highest BCUT2D eigenvalue weighted by Gasteiger charge is 2.02. The van der Waals surface area contributed by atoms with Gasteiger partial charge in [0.05, 0.1) is 5.69 Å². The van der Waals surface area contributed by atoms with Gasteiger partial charge in [-0.2, -0.15) is 4.39 Å². The molecule has 2 aromatic rings. The number of thioether (sulfide) groups is 1. The zero-order valence-electron chi connectivity index (χ0n) is 8.98. The molecule has 0 N–H and O–H groups in total. The van der Waals surface area contributed by atoms with Crippen LogP contribution in [0.25, 0.3) is 0 Å². The molecule has 0 aliphatic rings. The largest absolute Gasteiger partial charge is 0.224 e. The first-order valence-electron chi connectivity index (χ1n) is 5.05. The van der Waals surface area contributed by atoms with Gasteiger partial charge in [0, 0.05) is 10.6 Å². The second-order valence-electron chi connectivity index (χ2n) is 3.49. The van der Waals surface area contributed by atoms with Gasteiger partial charge >= 0.3 is 0 Å². The molecule has 0 radical (unpaired) electrons. The first-order valence-corrected chi connectivity index (χ1v) is 6.04. The number of hydrogen-bond acceptors (Lipinski definition) is 2. The highest BCUT2D eigenvalue weighted by molar-refractivity contribution is 7.98. The van der Waals surface area contributed by atoms with Gasteiger partial charge in [-0.3, -0.25) is 0 Å². The Balaban J connectivity index is 2.05. The third-order valence-corrected chi connectivity index (χ3v) is 3.46. The summed E-state index contributed by atoms with van der Waals surface area (Å²) in [5.74, 6) is 0.469. The van der Waals surface area contributed by atoms with Gasteiger partial charge in [0.2, 0.25) is 5.95 Å². The average Bonchev–Trinajstić information content (AvgIpc) is 2.29. The van der Waals surface area contributed by atoms with E-state index in [9.17, 15) is 4.39 Å². The molecule has 0 fully saturated rings. The molecule has 2 rings (SSSR count). The van der Waals surface area contributed by atoms with Crippen LogP contribution in [0.1, 0.15) is 11.3 Å². The topological polar surface area (TPSA) is 12.9 Å². The highest BCUT2D eigenvalue weighted by atomic mass is 32.2. The highest BCUT2D eigenvalue weighted by Crippen LogP contribution is 2.24. The Labute approximate surface area is 98.7 Å². The van der Waals surface area contributed by atoms with Gasteiger partial charge in [-0.05, 0) is 24.6 Å². The Bertz CT molecular complexity index is 471. The van der Waals surface area contributed by atoms with Crippen molar-refractivity contribution in [2.45, 2.75) is 17.6 Å². The van der Waals surface area contributed by atoms with Crippen molar-refractivity contribution in [3.8, 4) is 0 Å². The molecule has 0 bridgehead atoms. The lowest BCUT2D eigenvalue weighted by molar-refractivity contribution is 0.577. The van der Waals surface area contributed by atoms with Crippen molar-refractivity contribution in [3.05, 3.63) is 59.7 Å². The first kappa shape index (κ1) is 11.1. The van der Waals surface area contributed by atoms with Gasteiger partial charge in [-0.1, -0.05) is 30.3 Å². The second-order valence-corrected chi connectivity index (χ2v) is 4.51. The summed E-state index contributed by atoms with van der Waals surface area (Å²) in [6, 6.07) is 13.4. The molecule has 1 heterocycles. The van der Waals surface area contributed by atoms with E-state index in [2.05, 4.69) is 17.1 Å². The molecule has 0 saturated heterocycles. The van der Waals surface area contributed by atoms with Crippen LogP contribution in [-0.2, 0) is 5.75 Å². The number of benzene rings is 1. The predicted octanol–water partition coefficient (Wildman–Crippen LogP) is 3.82. The number of aromatic nitrogens is 1. The van der Waals surface area contributed by atoms with E-state index in [0.717, 1.165) is 16.3 Å². The third kappa shape index (κ3) is 2.83. The van der Waals surface area contributed by atoms with Crippen molar-refractivity contribution < 1.29 is 4.39 Å². The van der Waals surface area contributed by atoms with Crippen molar-refractivity contribution in [2.24, 2.45) is 0 Å². The standard InChI is InChI=1S/C13H12FNS/c1-10-12(7-8-13(14)15-10)16-9-11-5-3-2-4-6-11/h2-8H,9H2,1H3. The Morgan fingerprint density at radius 2 is 1.88 bits per heavy atom. The number of halogens is 1. The average molecular weight is 233 g/mol. The minimum absolute atomic E-state index is 0.415.